The summed E-state index contributed by atoms with van der Waals surface area (Å²) in [5.74, 6) is -0.962. The maximum Gasteiger partial charge on any atom is 0.327 e. The van der Waals surface area contributed by atoms with Crippen molar-refractivity contribution in [1.82, 2.24) is 4.90 Å². The summed E-state index contributed by atoms with van der Waals surface area (Å²) in [6.07, 6.45) is 2.25. The van der Waals surface area contributed by atoms with E-state index in [1.165, 1.54) is 4.90 Å². The zero-order chi connectivity index (χ0) is 15.6. The van der Waals surface area contributed by atoms with E-state index in [2.05, 4.69) is 6.92 Å². The highest BCUT2D eigenvalue weighted by molar-refractivity contribution is 6.01. The monoisotopic (exact) mass is 290 g/mol. The third kappa shape index (κ3) is 2.86. The molecular weight excluding hydrogens is 268 g/mol. The lowest BCUT2D eigenvalue weighted by atomic mass is 10.1. The number of carbonyl (C=O) groups excluding carboxylic acids is 1. The SMILES string of the molecule is CCCC(C)N(C)C(=O)N1c2ccccc2CC1C(=O)O. The Kier molecular flexibility index (Phi) is 4.50. The largest absolute Gasteiger partial charge is 0.480 e. The molecule has 2 rings (SSSR count). The Morgan fingerprint density at radius 1 is 1.43 bits per heavy atom. The molecule has 1 aromatic carbocycles. The number of amides is 2. The lowest BCUT2D eigenvalue weighted by molar-refractivity contribution is -0.138. The van der Waals surface area contributed by atoms with Crippen LogP contribution >= 0.6 is 0 Å². The van der Waals surface area contributed by atoms with Crippen molar-refractivity contribution in [3.05, 3.63) is 29.8 Å². The van der Waals surface area contributed by atoms with Crippen LogP contribution in [-0.2, 0) is 11.2 Å². The molecule has 5 heteroatoms. The normalized spacial score (nSPS) is 18.2. The van der Waals surface area contributed by atoms with E-state index in [-0.39, 0.29) is 12.1 Å². The number of benzene rings is 1. The zero-order valence-corrected chi connectivity index (χ0v) is 12.7. The lowest BCUT2D eigenvalue weighted by Crippen LogP contribution is -2.50. The minimum atomic E-state index is -0.962. The average molecular weight is 290 g/mol. The van der Waals surface area contributed by atoms with E-state index < -0.39 is 12.0 Å². The van der Waals surface area contributed by atoms with Gasteiger partial charge in [-0.15, -0.1) is 0 Å². The summed E-state index contributed by atoms with van der Waals surface area (Å²) < 4.78 is 0. The molecule has 114 valence electrons. The Bertz CT molecular complexity index is 544. The Hall–Kier alpha value is -2.04. The van der Waals surface area contributed by atoms with Gasteiger partial charge in [0.2, 0.25) is 0 Å². The van der Waals surface area contributed by atoms with Crippen LogP contribution in [0.2, 0.25) is 0 Å². The molecule has 0 bridgehead atoms. The Morgan fingerprint density at radius 3 is 2.71 bits per heavy atom. The van der Waals surface area contributed by atoms with E-state index in [4.69, 9.17) is 0 Å². The molecule has 2 atom stereocenters. The average Bonchev–Trinajstić information content (AvgIpc) is 2.85. The minimum absolute atomic E-state index is 0.0877. The van der Waals surface area contributed by atoms with Gasteiger partial charge in [-0.2, -0.15) is 0 Å². The fourth-order valence-corrected chi connectivity index (χ4v) is 2.79. The standard InChI is InChI=1S/C16H22N2O3/c1-4-7-11(2)17(3)16(21)18-13-9-6-5-8-12(13)10-14(18)15(19)20/h5-6,8-9,11,14H,4,7,10H2,1-3H3,(H,19,20). The number of urea groups is 1. The first-order valence-corrected chi connectivity index (χ1v) is 7.34. The Balaban J connectivity index is 2.30. The third-order valence-electron chi connectivity index (χ3n) is 4.14. The van der Waals surface area contributed by atoms with Crippen LogP contribution in [0, 0.1) is 0 Å². The van der Waals surface area contributed by atoms with Crippen LogP contribution in [0.5, 0.6) is 0 Å². The maximum absolute atomic E-state index is 12.7. The highest BCUT2D eigenvalue weighted by Gasteiger charge is 2.40. The Labute approximate surface area is 125 Å². The summed E-state index contributed by atoms with van der Waals surface area (Å²) in [6.45, 7) is 4.05. The fourth-order valence-electron chi connectivity index (χ4n) is 2.79. The van der Waals surface area contributed by atoms with Crippen LogP contribution in [0.3, 0.4) is 0 Å². The second kappa shape index (κ2) is 6.16. The summed E-state index contributed by atoms with van der Waals surface area (Å²) in [5, 5.41) is 9.42. The van der Waals surface area contributed by atoms with Crippen LogP contribution in [0.25, 0.3) is 0 Å². The first kappa shape index (κ1) is 15.4. The number of carboxylic acid groups (broad SMARTS) is 1. The van der Waals surface area contributed by atoms with Crippen molar-refractivity contribution in [3.63, 3.8) is 0 Å². The van der Waals surface area contributed by atoms with Gasteiger partial charge in [0.25, 0.3) is 0 Å². The van der Waals surface area contributed by atoms with Crippen molar-refractivity contribution >= 4 is 17.7 Å². The van der Waals surface area contributed by atoms with Gasteiger partial charge in [0.15, 0.2) is 0 Å². The van der Waals surface area contributed by atoms with Crippen molar-refractivity contribution in [3.8, 4) is 0 Å². The maximum atomic E-state index is 12.7. The van der Waals surface area contributed by atoms with E-state index in [0.29, 0.717) is 12.1 Å². The molecule has 0 fully saturated rings. The fraction of sp³-hybridized carbons (Fsp3) is 0.500. The molecule has 0 aliphatic carbocycles. The van der Waals surface area contributed by atoms with Crippen molar-refractivity contribution in [2.75, 3.05) is 11.9 Å². The predicted molar refractivity (Wildman–Crippen MR) is 81.6 cm³/mol. The van der Waals surface area contributed by atoms with E-state index in [0.717, 1.165) is 18.4 Å². The van der Waals surface area contributed by atoms with Crippen LogP contribution in [0.1, 0.15) is 32.3 Å². The molecule has 0 saturated heterocycles. The quantitative estimate of drug-likeness (QED) is 0.927. The number of nitrogens with zero attached hydrogens (tertiary/aromatic N) is 2. The van der Waals surface area contributed by atoms with Gasteiger partial charge in [-0.05, 0) is 25.0 Å². The molecule has 2 unspecified atom stereocenters. The van der Waals surface area contributed by atoms with Crippen molar-refractivity contribution in [2.24, 2.45) is 0 Å². The number of hydrogen-bond donors (Lipinski definition) is 1. The highest BCUT2D eigenvalue weighted by Crippen LogP contribution is 2.33. The number of hydrogen-bond acceptors (Lipinski definition) is 2. The topological polar surface area (TPSA) is 60.9 Å². The number of rotatable bonds is 4. The van der Waals surface area contributed by atoms with Crippen LogP contribution < -0.4 is 4.90 Å². The van der Waals surface area contributed by atoms with Gasteiger partial charge in [0.05, 0.1) is 0 Å². The van der Waals surface area contributed by atoms with Gasteiger partial charge in [-0.25, -0.2) is 9.59 Å². The molecule has 1 aliphatic heterocycles. The van der Waals surface area contributed by atoms with E-state index in [1.54, 1.807) is 11.9 Å². The molecule has 0 spiro atoms. The molecule has 5 nitrogen and oxygen atoms in total. The van der Waals surface area contributed by atoms with Crippen LogP contribution in [-0.4, -0.2) is 41.1 Å². The minimum Gasteiger partial charge on any atom is -0.480 e. The molecule has 0 saturated carbocycles. The summed E-state index contributed by atoms with van der Waals surface area (Å²) in [4.78, 5) is 27.3. The van der Waals surface area contributed by atoms with Crippen LogP contribution in [0.15, 0.2) is 24.3 Å². The van der Waals surface area contributed by atoms with Gasteiger partial charge in [-0.1, -0.05) is 31.5 Å². The second-order valence-corrected chi connectivity index (χ2v) is 5.59. The summed E-state index contributed by atoms with van der Waals surface area (Å²) in [5.41, 5.74) is 1.63. The molecule has 2 amide bonds. The molecule has 1 heterocycles. The van der Waals surface area contributed by atoms with E-state index in [9.17, 15) is 14.7 Å². The smallest absolute Gasteiger partial charge is 0.327 e. The lowest BCUT2D eigenvalue weighted by Gasteiger charge is -2.32. The molecule has 1 N–H and O–H groups in total. The van der Waals surface area contributed by atoms with Gasteiger partial charge >= 0.3 is 12.0 Å². The summed E-state index contributed by atoms with van der Waals surface area (Å²) in [6, 6.07) is 6.43. The van der Waals surface area contributed by atoms with Crippen molar-refractivity contribution in [2.45, 2.75) is 45.2 Å². The summed E-state index contributed by atoms with van der Waals surface area (Å²) in [7, 11) is 1.74. The van der Waals surface area contributed by atoms with Gasteiger partial charge in [0.1, 0.15) is 6.04 Å². The third-order valence-corrected chi connectivity index (χ3v) is 4.14. The molecule has 1 aromatic rings. The first-order valence-electron chi connectivity index (χ1n) is 7.34. The van der Waals surface area contributed by atoms with Crippen LogP contribution in [0.4, 0.5) is 10.5 Å². The number of carboxylic acids is 1. The number of aliphatic carboxylic acids is 1. The highest BCUT2D eigenvalue weighted by atomic mass is 16.4. The zero-order valence-electron chi connectivity index (χ0n) is 12.7. The number of fused-ring (bicyclic) bond motifs is 1. The Morgan fingerprint density at radius 2 is 2.10 bits per heavy atom. The summed E-state index contributed by atoms with van der Waals surface area (Å²) >= 11 is 0. The number of carbonyl (C=O) groups is 2. The molecule has 21 heavy (non-hydrogen) atoms. The molecule has 1 aliphatic rings. The molecule has 0 radical (unpaired) electrons. The predicted octanol–water partition coefficient (Wildman–Crippen LogP) is 2.74. The second-order valence-electron chi connectivity index (χ2n) is 5.59. The number of anilines is 1. The molecular formula is C16H22N2O3. The molecule has 0 aromatic heterocycles. The van der Waals surface area contributed by atoms with Gasteiger partial charge in [-0.3, -0.25) is 4.90 Å². The number of para-hydroxylation sites is 1. The van der Waals surface area contributed by atoms with E-state index >= 15 is 0 Å². The van der Waals surface area contributed by atoms with Gasteiger partial charge in [0, 0.05) is 25.2 Å². The first-order chi connectivity index (χ1) is 9.97. The van der Waals surface area contributed by atoms with Gasteiger partial charge < -0.3 is 10.0 Å². The van der Waals surface area contributed by atoms with Crippen molar-refractivity contribution < 1.29 is 14.7 Å². The van der Waals surface area contributed by atoms with Crippen molar-refractivity contribution in [1.29, 1.82) is 0 Å². The van der Waals surface area contributed by atoms with E-state index in [1.807, 2.05) is 31.2 Å².